The van der Waals surface area contributed by atoms with Gasteiger partial charge in [-0.1, -0.05) is 23.7 Å². The average Bonchev–Trinajstić information content (AvgIpc) is 2.70. The van der Waals surface area contributed by atoms with Crippen LogP contribution in [0.4, 0.5) is 11.4 Å². The number of benzene rings is 2. The Morgan fingerprint density at radius 2 is 1.96 bits per heavy atom. The van der Waals surface area contributed by atoms with Crippen LogP contribution in [0.5, 0.6) is 0 Å². The molecule has 0 unspecified atom stereocenters. The van der Waals surface area contributed by atoms with E-state index in [1.807, 2.05) is 13.0 Å². The van der Waals surface area contributed by atoms with Crippen LogP contribution >= 0.6 is 11.6 Å². The molecule has 28 heavy (non-hydrogen) atoms. The number of quaternary nitrogens is 1. The van der Waals surface area contributed by atoms with Gasteiger partial charge in [0.05, 0.1) is 36.8 Å². The number of hydrogen-bond acceptors (Lipinski definition) is 3. The molecule has 1 saturated heterocycles. The van der Waals surface area contributed by atoms with E-state index in [1.165, 1.54) is 21.7 Å². The lowest BCUT2D eigenvalue weighted by atomic mass is 10.1. The molecule has 1 atom stereocenters. The van der Waals surface area contributed by atoms with Crippen molar-refractivity contribution in [2.24, 2.45) is 0 Å². The van der Waals surface area contributed by atoms with E-state index >= 15 is 0 Å². The summed E-state index contributed by atoms with van der Waals surface area (Å²) < 4.78 is 0. The predicted molar refractivity (Wildman–Crippen MR) is 113 cm³/mol. The number of hydrogen-bond donors (Lipinski definition) is 2. The number of halogens is 1. The van der Waals surface area contributed by atoms with E-state index in [9.17, 15) is 4.79 Å². The first-order valence-corrected chi connectivity index (χ1v) is 9.94. The van der Waals surface area contributed by atoms with Crippen molar-refractivity contribution in [3.8, 4) is 6.07 Å². The topological polar surface area (TPSA) is 60.6 Å². The van der Waals surface area contributed by atoms with Gasteiger partial charge in [0.1, 0.15) is 6.07 Å². The van der Waals surface area contributed by atoms with E-state index in [-0.39, 0.29) is 11.9 Å². The molecule has 0 saturated carbocycles. The summed E-state index contributed by atoms with van der Waals surface area (Å²) in [5.74, 6) is -0.0315. The van der Waals surface area contributed by atoms with Crippen molar-refractivity contribution in [2.75, 3.05) is 36.4 Å². The monoisotopic (exact) mass is 397 g/mol. The minimum Gasteiger partial charge on any atom is -0.360 e. The van der Waals surface area contributed by atoms with Gasteiger partial charge in [0, 0.05) is 11.4 Å². The second-order valence-corrected chi connectivity index (χ2v) is 7.79. The van der Waals surface area contributed by atoms with Crippen molar-refractivity contribution in [3.05, 3.63) is 58.1 Å². The lowest BCUT2D eigenvalue weighted by molar-refractivity contribution is -0.914. The molecule has 2 aromatic rings. The van der Waals surface area contributed by atoms with E-state index in [1.54, 1.807) is 18.2 Å². The van der Waals surface area contributed by atoms with E-state index in [2.05, 4.69) is 42.3 Å². The van der Waals surface area contributed by atoms with Crippen LogP contribution in [0.1, 0.15) is 23.6 Å². The van der Waals surface area contributed by atoms with Crippen LogP contribution in [-0.2, 0) is 4.79 Å². The Kier molecular flexibility index (Phi) is 6.23. The Hall–Kier alpha value is -2.55. The second-order valence-electron chi connectivity index (χ2n) is 7.38. The number of carbonyl (C=O) groups excluding carboxylic acids is 1. The van der Waals surface area contributed by atoms with Crippen LogP contribution in [0.15, 0.2) is 36.4 Å². The van der Waals surface area contributed by atoms with Gasteiger partial charge in [0.2, 0.25) is 0 Å². The van der Waals surface area contributed by atoms with Gasteiger partial charge in [0.25, 0.3) is 5.91 Å². The first-order valence-electron chi connectivity index (χ1n) is 9.57. The highest BCUT2D eigenvalue weighted by molar-refractivity contribution is 6.32. The third-order valence-electron chi connectivity index (χ3n) is 5.69. The first-order chi connectivity index (χ1) is 13.4. The normalized spacial score (nSPS) is 15.8. The minimum atomic E-state index is -0.157. The van der Waals surface area contributed by atoms with Crippen molar-refractivity contribution in [1.82, 2.24) is 0 Å². The number of carbonyl (C=O) groups is 1. The molecule has 0 radical (unpaired) electrons. The van der Waals surface area contributed by atoms with Crippen LogP contribution in [0.2, 0.25) is 5.02 Å². The van der Waals surface area contributed by atoms with Crippen molar-refractivity contribution >= 4 is 28.9 Å². The van der Waals surface area contributed by atoms with E-state index in [0.717, 1.165) is 26.2 Å². The van der Waals surface area contributed by atoms with Crippen LogP contribution in [-0.4, -0.2) is 38.1 Å². The number of nitrogens with zero attached hydrogens (tertiary/aromatic N) is 2. The van der Waals surface area contributed by atoms with Crippen LogP contribution in [0.3, 0.4) is 0 Å². The molecule has 0 aliphatic carbocycles. The van der Waals surface area contributed by atoms with Gasteiger partial charge in [-0.25, -0.2) is 0 Å². The number of piperazine rings is 1. The van der Waals surface area contributed by atoms with Gasteiger partial charge in [0.15, 0.2) is 6.04 Å². The summed E-state index contributed by atoms with van der Waals surface area (Å²) in [7, 11) is 0. The summed E-state index contributed by atoms with van der Waals surface area (Å²) in [4.78, 5) is 16.4. The molecule has 1 aliphatic heterocycles. The molecule has 1 aliphatic rings. The van der Waals surface area contributed by atoms with Gasteiger partial charge in [-0.15, -0.1) is 0 Å². The zero-order chi connectivity index (χ0) is 20.3. The van der Waals surface area contributed by atoms with Crippen molar-refractivity contribution < 1.29 is 9.69 Å². The van der Waals surface area contributed by atoms with E-state index in [4.69, 9.17) is 16.9 Å². The van der Waals surface area contributed by atoms with E-state index in [0.29, 0.717) is 16.3 Å². The summed E-state index contributed by atoms with van der Waals surface area (Å²) in [5.41, 5.74) is 4.95. The van der Waals surface area contributed by atoms with Gasteiger partial charge in [-0.2, -0.15) is 5.26 Å². The molecule has 0 bridgehead atoms. The first kappa shape index (κ1) is 20.2. The highest BCUT2D eigenvalue weighted by Crippen LogP contribution is 2.23. The molecular formula is C22H26ClN4O+. The number of nitrogens with one attached hydrogen (secondary N) is 2. The summed E-state index contributed by atoms with van der Waals surface area (Å²) in [6, 6.07) is 13.2. The van der Waals surface area contributed by atoms with Gasteiger partial charge >= 0.3 is 0 Å². The van der Waals surface area contributed by atoms with E-state index < -0.39 is 0 Å². The molecule has 146 valence electrons. The number of nitriles is 1. The molecule has 3 rings (SSSR count). The van der Waals surface area contributed by atoms with Gasteiger partial charge in [-0.3, -0.25) is 4.79 Å². The Labute approximate surface area is 171 Å². The maximum absolute atomic E-state index is 12.7. The third kappa shape index (κ3) is 4.30. The Morgan fingerprint density at radius 3 is 2.61 bits per heavy atom. The molecule has 5 nitrogen and oxygen atoms in total. The maximum atomic E-state index is 12.7. The molecule has 1 amide bonds. The summed E-state index contributed by atoms with van der Waals surface area (Å²) in [5, 5.41) is 12.2. The number of rotatable bonds is 4. The SMILES string of the molecule is Cc1cccc(N2CC[NH+]([C@H](C)C(=O)Nc3ccc(C#N)c(Cl)c3)CC2)c1C. The highest BCUT2D eigenvalue weighted by Gasteiger charge is 2.29. The molecule has 0 spiro atoms. The Bertz CT molecular complexity index is 913. The Morgan fingerprint density at radius 1 is 1.25 bits per heavy atom. The number of aryl methyl sites for hydroxylation is 1. The molecule has 1 heterocycles. The Balaban J connectivity index is 1.59. The average molecular weight is 398 g/mol. The van der Waals surface area contributed by atoms with Crippen molar-refractivity contribution in [3.63, 3.8) is 0 Å². The van der Waals surface area contributed by atoms with Crippen LogP contribution in [0, 0.1) is 25.2 Å². The smallest absolute Gasteiger partial charge is 0.282 e. The number of anilines is 2. The fourth-order valence-corrected chi connectivity index (χ4v) is 3.89. The molecular weight excluding hydrogens is 372 g/mol. The van der Waals surface area contributed by atoms with Crippen LogP contribution in [0.25, 0.3) is 0 Å². The summed E-state index contributed by atoms with van der Waals surface area (Å²) in [6.07, 6.45) is 0. The van der Waals surface area contributed by atoms with Crippen LogP contribution < -0.4 is 15.1 Å². The molecule has 6 heteroatoms. The zero-order valence-corrected chi connectivity index (χ0v) is 17.3. The lowest BCUT2D eigenvalue weighted by Gasteiger charge is -2.36. The lowest BCUT2D eigenvalue weighted by Crippen LogP contribution is -3.19. The molecule has 1 fully saturated rings. The molecule has 0 aromatic heterocycles. The maximum Gasteiger partial charge on any atom is 0.282 e. The standard InChI is InChI=1S/C22H25ClN4O/c1-15-5-4-6-21(16(15)2)27-11-9-26(10-12-27)17(3)22(28)25-19-8-7-18(14-24)20(23)13-19/h4-8,13,17H,9-12H2,1-3H3,(H,25,28)/p+1/t17-/m1/s1. The predicted octanol–water partition coefficient (Wildman–Crippen LogP) is 2.56. The van der Waals surface area contributed by atoms with Gasteiger partial charge in [-0.05, 0) is 56.2 Å². The molecule has 2 N–H and O–H groups in total. The highest BCUT2D eigenvalue weighted by atomic mass is 35.5. The fraction of sp³-hybridized carbons (Fsp3) is 0.364. The van der Waals surface area contributed by atoms with Crippen molar-refractivity contribution in [2.45, 2.75) is 26.8 Å². The molecule has 2 aromatic carbocycles. The number of amides is 1. The second kappa shape index (κ2) is 8.64. The zero-order valence-electron chi connectivity index (χ0n) is 16.6. The van der Waals surface area contributed by atoms with Gasteiger partial charge < -0.3 is 15.1 Å². The largest absolute Gasteiger partial charge is 0.360 e. The fourth-order valence-electron chi connectivity index (χ4n) is 3.67. The minimum absolute atomic E-state index is 0.0315. The summed E-state index contributed by atoms with van der Waals surface area (Å²) >= 11 is 6.05. The van der Waals surface area contributed by atoms with Crippen molar-refractivity contribution in [1.29, 1.82) is 5.26 Å². The quantitative estimate of drug-likeness (QED) is 0.833. The third-order valence-corrected chi connectivity index (χ3v) is 6.00. The summed E-state index contributed by atoms with van der Waals surface area (Å²) in [6.45, 7) is 9.96.